The largest absolute Gasteiger partial charge is 0.334 e. The fourth-order valence-electron chi connectivity index (χ4n) is 3.26. The molecular formula is C16H23N3O3S. The predicted molar refractivity (Wildman–Crippen MR) is 88.9 cm³/mol. The van der Waals surface area contributed by atoms with Crippen LogP contribution >= 0.6 is 0 Å². The monoisotopic (exact) mass is 337 g/mol. The van der Waals surface area contributed by atoms with Crippen molar-refractivity contribution in [1.82, 2.24) is 15.5 Å². The highest BCUT2D eigenvalue weighted by molar-refractivity contribution is 7.91. The van der Waals surface area contributed by atoms with Crippen LogP contribution in [0.3, 0.4) is 0 Å². The van der Waals surface area contributed by atoms with Gasteiger partial charge in [0.15, 0.2) is 9.84 Å². The minimum atomic E-state index is -2.96. The molecule has 2 fully saturated rings. The van der Waals surface area contributed by atoms with E-state index in [1.54, 1.807) is 0 Å². The number of benzene rings is 1. The summed E-state index contributed by atoms with van der Waals surface area (Å²) >= 11 is 0. The molecule has 0 saturated carbocycles. The van der Waals surface area contributed by atoms with Gasteiger partial charge < -0.3 is 10.6 Å². The maximum absolute atomic E-state index is 12.0. The molecule has 2 aliphatic rings. The highest BCUT2D eigenvalue weighted by atomic mass is 32.2. The number of hydrogen-bond donors (Lipinski definition) is 2. The number of sulfone groups is 1. The SMILES string of the molecule is O=C(N[C@@H]1CCN(Cc2ccccc2)C1)N[C@H]1CCS(=O)(=O)C1. The molecule has 0 aromatic heterocycles. The molecule has 0 radical (unpaired) electrons. The molecule has 2 heterocycles. The Hall–Kier alpha value is -1.60. The smallest absolute Gasteiger partial charge is 0.315 e. The molecule has 7 heteroatoms. The summed E-state index contributed by atoms with van der Waals surface area (Å²) in [7, 11) is -2.96. The highest BCUT2D eigenvalue weighted by Gasteiger charge is 2.30. The van der Waals surface area contributed by atoms with Crippen LogP contribution in [0.5, 0.6) is 0 Å². The van der Waals surface area contributed by atoms with Gasteiger partial charge in [0.1, 0.15) is 0 Å². The van der Waals surface area contributed by atoms with Crippen LogP contribution in [0.15, 0.2) is 30.3 Å². The molecule has 126 valence electrons. The molecule has 2 N–H and O–H groups in total. The van der Waals surface area contributed by atoms with E-state index in [9.17, 15) is 13.2 Å². The van der Waals surface area contributed by atoms with Crippen molar-refractivity contribution >= 4 is 15.9 Å². The molecule has 6 nitrogen and oxygen atoms in total. The van der Waals surface area contributed by atoms with Crippen molar-refractivity contribution in [2.45, 2.75) is 31.5 Å². The van der Waals surface area contributed by atoms with Gasteiger partial charge in [-0.15, -0.1) is 0 Å². The molecule has 2 amide bonds. The van der Waals surface area contributed by atoms with Gasteiger partial charge in [0.2, 0.25) is 0 Å². The number of amides is 2. The first kappa shape index (κ1) is 16.3. The number of rotatable bonds is 4. The van der Waals surface area contributed by atoms with E-state index in [1.807, 2.05) is 18.2 Å². The summed E-state index contributed by atoms with van der Waals surface area (Å²) in [4.78, 5) is 14.3. The Morgan fingerprint density at radius 3 is 2.57 bits per heavy atom. The van der Waals surface area contributed by atoms with Crippen LogP contribution in [0.25, 0.3) is 0 Å². The summed E-state index contributed by atoms with van der Waals surface area (Å²) in [6, 6.07) is 9.90. The predicted octanol–water partition coefficient (Wildman–Crippen LogP) is 0.747. The van der Waals surface area contributed by atoms with Crippen LogP contribution in [-0.2, 0) is 16.4 Å². The third kappa shape index (κ3) is 4.68. The van der Waals surface area contributed by atoms with Crippen LogP contribution in [0.4, 0.5) is 4.79 Å². The van der Waals surface area contributed by atoms with Crippen molar-refractivity contribution in [3.05, 3.63) is 35.9 Å². The molecule has 0 spiro atoms. The highest BCUT2D eigenvalue weighted by Crippen LogP contribution is 2.14. The lowest BCUT2D eigenvalue weighted by Crippen LogP contribution is -2.47. The molecule has 0 bridgehead atoms. The molecule has 0 aliphatic carbocycles. The van der Waals surface area contributed by atoms with Gasteiger partial charge in [0, 0.05) is 31.7 Å². The molecule has 2 atom stereocenters. The Balaban J connectivity index is 1.42. The minimum Gasteiger partial charge on any atom is -0.334 e. The second-order valence-corrected chi connectivity index (χ2v) is 8.65. The zero-order valence-corrected chi connectivity index (χ0v) is 13.9. The number of nitrogens with zero attached hydrogens (tertiary/aromatic N) is 1. The van der Waals surface area contributed by atoms with E-state index >= 15 is 0 Å². The van der Waals surface area contributed by atoms with E-state index < -0.39 is 9.84 Å². The fourth-order valence-corrected chi connectivity index (χ4v) is 4.93. The van der Waals surface area contributed by atoms with Gasteiger partial charge in [-0.3, -0.25) is 4.90 Å². The first-order valence-electron chi connectivity index (χ1n) is 8.04. The maximum Gasteiger partial charge on any atom is 0.315 e. The Morgan fingerprint density at radius 2 is 1.87 bits per heavy atom. The van der Waals surface area contributed by atoms with Gasteiger partial charge in [-0.1, -0.05) is 30.3 Å². The first-order valence-corrected chi connectivity index (χ1v) is 9.86. The number of likely N-dealkylation sites (tertiary alicyclic amines) is 1. The second-order valence-electron chi connectivity index (χ2n) is 6.42. The van der Waals surface area contributed by atoms with E-state index in [-0.39, 0.29) is 29.6 Å². The lowest BCUT2D eigenvalue weighted by Gasteiger charge is -2.18. The summed E-state index contributed by atoms with van der Waals surface area (Å²) in [5.41, 5.74) is 1.27. The Bertz CT molecular complexity index is 648. The molecule has 2 saturated heterocycles. The van der Waals surface area contributed by atoms with Crippen LogP contribution in [0.1, 0.15) is 18.4 Å². The van der Waals surface area contributed by atoms with Gasteiger partial charge in [-0.25, -0.2) is 13.2 Å². The van der Waals surface area contributed by atoms with Crippen molar-refractivity contribution in [2.24, 2.45) is 0 Å². The van der Waals surface area contributed by atoms with Crippen molar-refractivity contribution in [3.8, 4) is 0 Å². The van der Waals surface area contributed by atoms with E-state index in [2.05, 4.69) is 27.7 Å². The second kappa shape index (κ2) is 6.88. The van der Waals surface area contributed by atoms with Gasteiger partial charge in [-0.05, 0) is 18.4 Å². The molecule has 3 rings (SSSR count). The molecule has 1 aromatic rings. The van der Waals surface area contributed by atoms with Crippen molar-refractivity contribution in [3.63, 3.8) is 0 Å². The van der Waals surface area contributed by atoms with Crippen molar-refractivity contribution in [2.75, 3.05) is 24.6 Å². The molecular weight excluding hydrogens is 314 g/mol. The van der Waals surface area contributed by atoms with Crippen LogP contribution in [0.2, 0.25) is 0 Å². The lowest BCUT2D eigenvalue weighted by molar-refractivity contribution is 0.233. The standard InChI is InChI=1S/C16H23N3O3S/c20-16(18-15-7-9-23(21,22)12-15)17-14-6-8-19(11-14)10-13-4-2-1-3-5-13/h1-5,14-15H,6-12H2,(H2,17,18,20)/t14-,15+/m1/s1. The van der Waals surface area contributed by atoms with E-state index in [0.717, 1.165) is 26.1 Å². The zero-order valence-electron chi connectivity index (χ0n) is 13.1. The molecule has 0 unspecified atom stereocenters. The zero-order chi connectivity index (χ0) is 16.3. The van der Waals surface area contributed by atoms with Gasteiger partial charge in [0.05, 0.1) is 11.5 Å². The molecule has 23 heavy (non-hydrogen) atoms. The molecule has 2 aliphatic heterocycles. The average molecular weight is 337 g/mol. The fraction of sp³-hybridized carbons (Fsp3) is 0.562. The number of carbonyl (C=O) groups is 1. The summed E-state index contributed by atoms with van der Waals surface area (Å²) in [5.74, 6) is 0.234. The maximum atomic E-state index is 12.0. The number of nitrogens with one attached hydrogen (secondary N) is 2. The van der Waals surface area contributed by atoms with Gasteiger partial charge in [0.25, 0.3) is 0 Å². The third-order valence-corrected chi connectivity index (χ3v) is 6.19. The van der Waals surface area contributed by atoms with Gasteiger partial charge >= 0.3 is 6.03 Å². The summed E-state index contributed by atoms with van der Waals surface area (Å²) in [6.07, 6.45) is 1.43. The van der Waals surface area contributed by atoms with E-state index in [1.165, 1.54) is 5.56 Å². The quantitative estimate of drug-likeness (QED) is 0.850. The average Bonchev–Trinajstić information content (AvgIpc) is 3.06. The van der Waals surface area contributed by atoms with Crippen molar-refractivity contribution in [1.29, 1.82) is 0 Å². The summed E-state index contributed by atoms with van der Waals surface area (Å²) < 4.78 is 22.8. The first-order chi connectivity index (χ1) is 11.0. The van der Waals surface area contributed by atoms with Crippen LogP contribution in [-0.4, -0.2) is 56.0 Å². The summed E-state index contributed by atoms with van der Waals surface area (Å²) in [6.45, 7) is 2.67. The van der Waals surface area contributed by atoms with Crippen molar-refractivity contribution < 1.29 is 13.2 Å². The minimum absolute atomic E-state index is 0.0607. The normalized spacial score (nSPS) is 27.0. The van der Waals surface area contributed by atoms with E-state index in [0.29, 0.717) is 6.42 Å². The van der Waals surface area contributed by atoms with Gasteiger partial charge in [-0.2, -0.15) is 0 Å². The summed E-state index contributed by atoms with van der Waals surface area (Å²) in [5, 5.41) is 5.74. The number of carbonyl (C=O) groups excluding carboxylic acids is 1. The lowest BCUT2D eigenvalue weighted by atomic mass is 10.2. The third-order valence-electron chi connectivity index (χ3n) is 4.42. The Kier molecular flexibility index (Phi) is 4.87. The Morgan fingerprint density at radius 1 is 1.13 bits per heavy atom. The molecule has 1 aromatic carbocycles. The van der Waals surface area contributed by atoms with Crippen LogP contribution < -0.4 is 10.6 Å². The number of urea groups is 1. The topological polar surface area (TPSA) is 78.5 Å². The van der Waals surface area contributed by atoms with E-state index in [4.69, 9.17) is 0 Å². The number of hydrogen-bond acceptors (Lipinski definition) is 4. The van der Waals surface area contributed by atoms with Crippen LogP contribution in [0, 0.1) is 0 Å². The Labute approximate surface area is 137 Å².